The monoisotopic (exact) mass is 272 g/mol. The molecule has 2 aliphatic carbocycles. The lowest BCUT2D eigenvalue weighted by Crippen LogP contribution is -2.18. The van der Waals surface area contributed by atoms with Crippen LogP contribution in [0, 0.1) is 11.3 Å². The van der Waals surface area contributed by atoms with E-state index in [1.54, 1.807) is 25.7 Å². The molecule has 0 radical (unpaired) electrons. The number of hydrogen-bond acceptors (Lipinski definition) is 0. The number of rotatable bonds is 3. The molecule has 0 aromatic carbocycles. The number of alkyl halides is 1. The molecule has 0 bridgehead atoms. The Labute approximate surface area is 103 Å². The zero-order chi connectivity index (χ0) is 10.6. The molecular weight excluding hydrogens is 248 g/mol. The predicted molar refractivity (Wildman–Crippen MR) is 70.5 cm³/mol. The van der Waals surface area contributed by atoms with E-state index in [-0.39, 0.29) is 0 Å². The lowest BCUT2D eigenvalue weighted by molar-refractivity contribution is 0.211. The Bertz CT molecular complexity index is 182. The molecule has 88 valence electrons. The Kier molecular flexibility index (Phi) is 4.54. The van der Waals surface area contributed by atoms with E-state index < -0.39 is 0 Å². The molecule has 1 atom stereocenters. The topological polar surface area (TPSA) is 0 Å². The van der Waals surface area contributed by atoms with Crippen molar-refractivity contribution in [2.45, 2.75) is 70.6 Å². The Hall–Kier alpha value is 0.480. The third-order valence-corrected chi connectivity index (χ3v) is 5.26. The second-order valence-corrected chi connectivity index (χ2v) is 6.65. The molecule has 0 aromatic heterocycles. The molecule has 1 unspecified atom stereocenters. The summed E-state index contributed by atoms with van der Waals surface area (Å²) < 4.78 is 0. The van der Waals surface area contributed by atoms with Crippen LogP contribution in [0.4, 0.5) is 0 Å². The van der Waals surface area contributed by atoms with Crippen LogP contribution in [-0.4, -0.2) is 5.33 Å². The van der Waals surface area contributed by atoms with E-state index in [0.29, 0.717) is 0 Å². The van der Waals surface area contributed by atoms with Crippen LogP contribution in [0.15, 0.2) is 0 Å². The van der Waals surface area contributed by atoms with E-state index in [9.17, 15) is 0 Å². The van der Waals surface area contributed by atoms with Crippen molar-refractivity contribution in [2.24, 2.45) is 11.3 Å². The lowest BCUT2D eigenvalue weighted by atomic mass is 9.75. The molecular formula is C14H25Br. The third kappa shape index (κ3) is 3.22. The molecule has 2 rings (SSSR count). The molecule has 2 saturated carbocycles. The molecule has 0 heterocycles. The first-order valence-electron chi connectivity index (χ1n) is 6.91. The van der Waals surface area contributed by atoms with Gasteiger partial charge < -0.3 is 0 Å². The molecule has 0 N–H and O–H groups in total. The summed E-state index contributed by atoms with van der Waals surface area (Å²) in [5.74, 6) is 1.06. The van der Waals surface area contributed by atoms with Crippen LogP contribution in [0.3, 0.4) is 0 Å². The minimum absolute atomic E-state index is 0.813. The molecule has 0 saturated heterocycles. The van der Waals surface area contributed by atoms with Gasteiger partial charge in [0.2, 0.25) is 0 Å². The highest BCUT2D eigenvalue weighted by Gasteiger charge is 2.36. The molecule has 1 heteroatoms. The minimum Gasteiger partial charge on any atom is -0.0928 e. The normalized spacial score (nSPS) is 30.6. The fraction of sp³-hybridized carbons (Fsp3) is 1.00. The zero-order valence-corrected chi connectivity index (χ0v) is 11.5. The summed E-state index contributed by atoms with van der Waals surface area (Å²) in [5.41, 5.74) is 0.813. The maximum atomic E-state index is 3.57. The van der Waals surface area contributed by atoms with E-state index in [1.165, 1.54) is 50.3 Å². The maximum Gasteiger partial charge on any atom is 0.00314 e. The van der Waals surface area contributed by atoms with Crippen molar-refractivity contribution in [3.05, 3.63) is 0 Å². The first kappa shape index (κ1) is 12.0. The van der Waals surface area contributed by atoms with Crippen LogP contribution in [0.1, 0.15) is 70.6 Å². The second kappa shape index (κ2) is 5.70. The van der Waals surface area contributed by atoms with Crippen molar-refractivity contribution >= 4 is 15.9 Å². The average Bonchev–Trinajstić information content (AvgIpc) is 2.58. The fourth-order valence-corrected chi connectivity index (χ4v) is 4.26. The van der Waals surface area contributed by atoms with Gasteiger partial charge in [-0.3, -0.25) is 0 Å². The van der Waals surface area contributed by atoms with E-state index in [1.807, 2.05) is 0 Å². The van der Waals surface area contributed by atoms with E-state index >= 15 is 0 Å². The second-order valence-electron chi connectivity index (χ2n) is 5.85. The summed E-state index contributed by atoms with van der Waals surface area (Å²) in [6.07, 6.45) is 16.7. The van der Waals surface area contributed by atoms with E-state index in [0.717, 1.165) is 11.3 Å². The van der Waals surface area contributed by atoms with E-state index in [2.05, 4.69) is 15.9 Å². The van der Waals surface area contributed by atoms with Gasteiger partial charge in [-0.2, -0.15) is 0 Å². The Morgan fingerprint density at radius 1 is 1.00 bits per heavy atom. The van der Waals surface area contributed by atoms with Gasteiger partial charge in [0.1, 0.15) is 0 Å². The number of hydrogen-bond donors (Lipinski definition) is 0. The van der Waals surface area contributed by atoms with Crippen LogP contribution in [-0.2, 0) is 0 Å². The highest BCUT2D eigenvalue weighted by Crippen LogP contribution is 2.50. The quantitative estimate of drug-likeness (QED) is 0.612. The van der Waals surface area contributed by atoms with Crippen LogP contribution in [0.5, 0.6) is 0 Å². The summed E-state index contributed by atoms with van der Waals surface area (Å²) in [5, 5.41) is 1.20. The van der Waals surface area contributed by atoms with Gasteiger partial charge in [0.25, 0.3) is 0 Å². The van der Waals surface area contributed by atoms with Crippen molar-refractivity contribution in [3.63, 3.8) is 0 Å². The van der Waals surface area contributed by atoms with Gasteiger partial charge in [-0.05, 0) is 49.9 Å². The molecule has 2 fully saturated rings. The third-order valence-electron chi connectivity index (χ3n) is 4.70. The molecule has 0 aliphatic heterocycles. The summed E-state index contributed by atoms with van der Waals surface area (Å²) >= 11 is 3.57. The largest absolute Gasteiger partial charge is 0.0928 e. The van der Waals surface area contributed by atoms with Crippen molar-refractivity contribution in [1.82, 2.24) is 0 Å². The molecule has 0 nitrogen and oxygen atoms in total. The Morgan fingerprint density at radius 2 is 1.67 bits per heavy atom. The zero-order valence-electron chi connectivity index (χ0n) is 9.94. The molecule has 0 amide bonds. The Morgan fingerprint density at radius 3 is 2.33 bits per heavy atom. The van der Waals surface area contributed by atoms with Gasteiger partial charge in [0, 0.05) is 5.33 Å². The summed E-state index contributed by atoms with van der Waals surface area (Å²) in [6.45, 7) is 0. The van der Waals surface area contributed by atoms with Crippen LogP contribution < -0.4 is 0 Å². The summed E-state index contributed by atoms with van der Waals surface area (Å²) in [7, 11) is 0. The van der Waals surface area contributed by atoms with Crippen molar-refractivity contribution < 1.29 is 0 Å². The minimum atomic E-state index is 0.813. The van der Waals surface area contributed by atoms with Gasteiger partial charge >= 0.3 is 0 Å². The van der Waals surface area contributed by atoms with Gasteiger partial charge in [-0.1, -0.05) is 48.0 Å². The van der Waals surface area contributed by atoms with Gasteiger partial charge in [0.05, 0.1) is 0 Å². The SMILES string of the molecule is BrCCCC1CCCCC2(CCCC2)C1. The van der Waals surface area contributed by atoms with E-state index in [4.69, 9.17) is 0 Å². The smallest absolute Gasteiger partial charge is 0.00314 e. The lowest BCUT2D eigenvalue weighted by Gasteiger charge is -2.30. The number of halogens is 1. The van der Waals surface area contributed by atoms with Crippen molar-refractivity contribution in [3.8, 4) is 0 Å². The first-order valence-corrected chi connectivity index (χ1v) is 8.03. The predicted octanol–water partition coefficient (Wildman–Crippen LogP) is 5.30. The van der Waals surface area contributed by atoms with Crippen molar-refractivity contribution in [1.29, 1.82) is 0 Å². The fourth-order valence-electron chi connectivity index (χ4n) is 3.94. The summed E-state index contributed by atoms with van der Waals surface area (Å²) in [4.78, 5) is 0. The van der Waals surface area contributed by atoms with Gasteiger partial charge in [-0.25, -0.2) is 0 Å². The first-order chi connectivity index (χ1) is 7.35. The Balaban J connectivity index is 1.89. The molecule has 15 heavy (non-hydrogen) atoms. The average molecular weight is 273 g/mol. The van der Waals surface area contributed by atoms with Crippen molar-refractivity contribution in [2.75, 3.05) is 5.33 Å². The highest BCUT2D eigenvalue weighted by molar-refractivity contribution is 9.09. The summed E-state index contributed by atoms with van der Waals surface area (Å²) in [6, 6.07) is 0. The molecule has 2 aliphatic rings. The maximum absolute atomic E-state index is 3.57. The van der Waals surface area contributed by atoms with Crippen LogP contribution >= 0.6 is 15.9 Å². The van der Waals surface area contributed by atoms with Crippen LogP contribution in [0.2, 0.25) is 0 Å². The highest BCUT2D eigenvalue weighted by atomic mass is 79.9. The molecule has 1 spiro atoms. The van der Waals surface area contributed by atoms with Gasteiger partial charge in [-0.15, -0.1) is 0 Å². The standard InChI is InChI=1S/C14H25Br/c15-11-5-7-13-6-1-2-8-14(12-13)9-3-4-10-14/h13H,1-12H2. The van der Waals surface area contributed by atoms with Gasteiger partial charge in [0.15, 0.2) is 0 Å². The molecule has 0 aromatic rings. The van der Waals surface area contributed by atoms with Crippen LogP contribution in [0.25, 0.3) is 0 Å².